The number of nitrogens with zero attached hydrogens (tertiary/aromatic N) is 3. The van der Waals surface area contributed by atoms with Crippen molar-refractivity contribution in [2.45, 2.75) is 0 Å². The molecule has 0 amide bonds. The number of hydrogen-bond donors (Lipinski definition) is 0. The standard InChI is InChI=1S/C49H33N3/c1-4-12-34(13-5-1)38-25-29-43-45(32-38)46-33-39(26-30-44(46)49-48(43)50-47-18-10-11-31-51(47)49)37-21-19-35(20-22-37)36-23-27-42(28-24-36)52(40-14-6-2-7-15-40)41-16-8-3-9-17-41/h1-33H. The number of hydrogen-bond acceptors (Lipinski definition) is 2. The molecule has 0 atom stereocenters. The summed E-state index contributed by atoms with van der Waals surface area (Å²) in [7, 11) is 0. The van der Waals surface area contributed by atoms with Gasteiger partial charge in [-0.3, -0.25) is 4.40 Å². The Bertz CT molecular complexity index is 2820. The predicted molar refractivity (Wildman–Crippen MR) is 219 cm³/mol. The number of rotatable bonds is 6. The summed E-state index contributed by atoms with van der Waals surface area (Å²) >= 11 is 0. The zero-order valence-electron chi connectivity index (χ0n) is 28.4. The van der Waals surface area contributed by atoms with Crippen LogP contribution in [0, 0.1) is 0 Å². The third-order valence-corrected chi connectivity index (χ3v) is 10.2. The average Bonchev–Trinajstić information content (AvgIpc) is 3.62. The van der Waals surface area contributed by atoms with Crippen LogP contribution in [0.1, 0.15) is 0 Å². The van der Waals surface area contributed by atoms with Gasteiger partial charge in [0.25, 0.3) is 0 Å². The molecule has 0 unspecified atom stereocenters. The van der Waals surface area contributed by atoms with E-state index in [4.69, 9.17) is 4.98 Å². The minimum absolute atomic E-state index is 0.957. The van der Waals surface area contributed by atoms with Crippen molar-refractivity contribution in [2.75, 3.05) is 4.90 Å². The molecule has 0 aliphatic rings. The average molecular weight is 664 g/mol. The smallest absolute Gasteiger partial charge is 0.137 e. The van der Waals surface area contributed by atoms with Gasteiger partial charge in [-0.15, -0.1) is 0 Å². The Morgan fingerprint density at radius 2 is 0.788 bits per heavy atom. The highest BCUT2D eigenvalue weighted by Crippen LogP contribution is 2.40. The normalized spacial score (nSPS) is 11.5. The topological polar surface area (TPSA) is 20.5 Å². The lowest BCUT2D eigenvalue weighted by Gasteiger charge is -2.25. The van der Waals surface area contributed by atoms with Crippen LogP contribution in [0.25, 0.3) is 71.6 Å². The molecule has 0 spiro atoms. The molecule has 0 aliphatic carbocycles. The quantitative estimate of drug-likeness (QED) is 0.165. The second-order valence-corrected chi connectivity index (χ2v) is 13.3. The van der Waals surface area contributed by atoms with Crippen LogP contribution in [0.5, 0.6) is 0 Å². The molecule has 2 heterocycles. The Kier molecular flexibility index (Phi) is 7.14. The highest BCUT2D eigenvalue weighted by atomic mass is 15.1. The number of para-hydroxylation sites is 2. The van der Waals surface area contributed by atoms with E-state index in [1.165, 1.54) is 54.9 Å². The molecule has 0 saturated heterocycles. The predicted octanol–water partition coefficient (Wildman–Crippen LogP) is 13.3. The van der Waals surface area contributed by atoms with Crippen molar-refractivity contribution in [3.8, 4) is 33.4 Å². The Morgan fingerprint density at radius 1 is 0.346 bits per heavy atom. The molecule has 244 valence electrons. The second kappa shape index (κ2) is 12.4. The Hall–Kier alpha value is -6.97. The largest absolute Gasteiger partial charge is 0.311 e. The lowest BCUT2D eigenvalue weighted by atomic mass is 9.93. The Labute approximate surface area is 302 Å². The molecular formula is C49H33N3. The van der Waals surface area contributed by atoms with Crippen molar-refractivity contribution in [3.05, 3.63) is 200 Å². The summed E-state index contributed by atoms with van der Waals surface area (Å²) in [5.41, 5.74) is 13.7. The molecule has 2 aromatic heterocycles. The van der Waals surface area contributed by atoms with Crippen LogP contribution in [0.3, 0.4) is 0 Å². The number of pyridine rings is 1. The minimum atomic E-state index is 0.957. The van der Waals surface area contributed by atoms with Gasteiger partial charge in [-0.2, -0.15) is 0 Å². The summed E-state index contributed by atoms with van der Waals surface area (Å²) in [6.45, 7) is 0. The molecule has 0 aliphatic heterocycles. The van der Waals surface area contributed by atoms with Crippen LogP contribution in [-0.4, -0.2) is 9.38 Å². The first-order valence-electron chi connectivity index (χ1n) is 17.7. The van der Waals surface area contributed by atoms with E-state index in [0.717, 1.165) is 33.7 Å². The van der Waals surface area contributed by atoms with Gasteiger partial charge in [0.1, 0.15) is 5.65 Å². The highest BCUT2D eigenvalue weighted by Gasteiger charge is 2.17. The zero-order valence-corrected chi connectivity index (χ0v) is 28.4. The fourth-order valence-corrected chi connectivity index (χ4v) is 7.64. The van der Waals surface area contributed by atoms with Crippen molar-refractivity contribution in [3.63, 3.8) is 0 Å². The SMILES string of the molecule is c1ccc(-c2ccc3c(c2)c2cc(-c4ccc(-c5ccc(N(c6ccccc6)c6ccccc6)cc5)cc4)ccc2c2c3nc3ccccn32)cc1. The molecule has 0 bridgehead atoms. The van der Waals surface area contributed by atoms with Gasteiger partial charge in [-0.1, -0.05) is 133 Å². The van der Waals surface area contributed by atoms with Gasteiger partial charge >= 0.3 is 0 Å². The molecule has 0 fully saturated rings. The molecule has 10 rings (SSSR count). The molecule has 52 heavy (non-hydrogen) atoms. The first-order valence-corrected chi connectivity index (χ1v) is 17.7. The van der Waals surface area contributed by atoms with Crippen molar-refractivity contribution in [1.29, 1.82) is 0 Å². The van der Waals surface area contributed by atoms with Crippen LogP contribution in [0.15, 0.2) is 200 Å². The van der Waals surface area contributed by atoms with E-state index in [0.29, 0.717) is 0 Å². The van der Waals surface area contributed by atoms with E-state index in [-0.39, 0.29) is 0 Å². The minimum Gasteiger partial charge on any atom is -0.311 e. The third-order valence-electron chi connectivity index (χ3n) is 10.2. The molecule has 0 N–H and O–H groups in total. The molecule has 10 aromatic rings. The fraction of sp³-hybridized carbons (Fsp3) is 0. The number of anilines is 3. The fourth-order valence-electron chi connectivity index (χ4n) is 7.64. The number of imidazole rings is 1. The number of benzene rings is 8. The van der Waals surface area contributed by atoms with E-state index < -0.39 is 0 Å². The van der Waals surface area contributed by atoms with Crippen molar-refractivity contribution < 1.29 is 0 Å². The van der Waals surface area contributed by atoms with Crippen molar-refractivity contribution in [1.82, 2.24) is 9.38 Å². The summed E-state index contributed by atoms with van der Waals surface area (Å²) in [6, 6.07) is 69.4. The van der Waals surface area contributed by atoms with Crippen LogP contribution in [-0.2, 0) is 0 Å². The molecule has 3 heteroatoms. The van der Waals surface area contributed by atoms with Crippen LogP contribution < -0.4 is 4.90 Å². The van der Waals surface area contributed by atoms with Crippen molar-refractivity contribution >= 4 is 55.3 Å². The van der Waals surface area contributed by atoms with Gasteiger partial charge in [-0.25, -0.2) is 4.98 Å². The molecular weight excluding hydrogens is 631 g/mol. The molecule has 3 nitrogen and oxygen atoms in total. The second-order valence-electron chi connectivity index (χ2n) is 13.3. The Morgan fingerprint density at radius 3 is 1.40 bits per heavy atom. The van der Waals surface area contributed by atoms with Gasteiger partial charge in [0.15, 0.2) is 0 Å². The molecule has 8 aromatic carbocycles. The number of fused-ring (bicyclic) bond motifs is 8. The van der Waals surface area contributed by atoms with Gasteiger partial charge < -0.3 is 4.90 Å². The summed E-state index contributed by atoms with van der Waals surface area (Å²) < 4.78 is 2.22. The maximum absolute atomic E-state index is 5.12. The summed E-state index contributed by atoms with van der Waals surface area (Å²) in [5, 5.41) is 4.81. The monoisotopic (exact) mass is 663 g/mol. The first kappa shape index (κ1) is 29.9. The first-order chi connectivity index (χ1) is 25.8. The zero-order chi connectivity index (χ0) is 34.4. The lowest BCUT2D eigenvalue weighted by molar-refractivity contribution is 1.23. The van der Waals surface area contributed by atoms with E-state index in [1.807, 2.05) is 0 Å². The molecule has 0 radical (unpaired) electrons. The van der Waals surface area contributed by atoms with Gasteiger partial charge in [0.05, 0.1) is 11.0 Å². The van der Waals surface area contributed by atoms with Gasteiger partial charge in [0.2, 0.25) is 0 Å². The summed E-state index contributed by atoms with van der Waals surface area (Å²) in [6.07, 6.45) is 2.12. The van der Waals surface area contributed by atoms with Crippen molar-refractivity contribution in [2.24, 2.45) is 0 Å². The van der Waals surface area contributed by atoms with Gasteiger partial charge in [-0.05, 0) is 105 Å². The van der Waals surface area contributed by atoms with E-state index in [1.54, 1.807) is 0 Å². The van der Waals surface area contributed by atoms with Crippen LogP contribution in [0.4, 0.5) is 17.1 Å². The van der Waals surface area contributed by atoms with E-state index in [2.05, 4.69) is 210 Å². The highest BCUT2D eigenvalue weighted by molar-refractivity contribution is 6.25. The maximum Gasteiger partial charge on any atom is 0.137 e. The lowest BCUT2D eigenvalue weighted by Crippen LogP contribution is -2.09. The Balaban J connectivity index is 1.05. The van der Waals surface area contributed by atoms with Crippen LogP contribution in [0.2, 0.25) is 0 Å². The number of aromatic nitrogens is 2. The third kappa shape index (κ3) is 5.10. The van der Waals surface area contributed by atoms with Crippen LogP contribution >= 0.6 is 0 Å². The van der Waals surface area contributed by atoms with E-state index >= 15 is 0 Å². The maximum atomic E-state index is 5.12. The van der Waals surface area contributed by atoms with E-state index in [9.17, 15) is 0 Å². The van der Waals surface area contributed by atoms with Gasteiger partial charge in [0, 0.05) is 34.0 Å². The molecule has 0 saturated carbocycles. The summed E-state index contributed by atoms with van der Waals surface area (Å²) in [4.78, 5) is 7.41. The summed E-state index contributed by atoms with van der Waals surface area (Å²) in [5.74, 6) is 0.